The zero-order valence-corrected chi connectivity index (χ0v) is 6.67. The summed E-state index contributed by atoms with van der Waals surface area (Å²) in [4.78, 5) is 2.09. The van der Waals surface area contributed by atoms with Crippen molar-refractivity contribution in [2.24, 2.45) is 0 Å². The largest absolute Gasteiger partial charge is 0.357 e. The van der Waals surface area contributed by atoms with Crippen LogP contribution in [-0.4, -0.2) is 44.5 Å². The van der Waals surface area contributed by atoms with Crippen LogP contribution < -0.4 is 5.32 Å². The Hall–Kier alpha value is -0.160. The molecule has 0 aromatic rings. The van der Waals surface area contributed by atoms with Crippen LogP contribution in [0.5, 0.6) is 0 Å². The minimum absolute atomic E-state index is 0.00231. The minimum atomic E-state index is 0.00231. The molecule has 63 valence electrons. The van der Waals surface area contributed by atoms with E-state index in [1.807, 2.05) is 7.05 Å². The first-order chi connectivity index (χ1) is 5.38. The Labute approximate surface area is 66.5 Å². The summed E-state index contributed by atoms with van der Waals surface area (Å²) < 4.78 is 10.8. The number of nitrogens with zero attached hydrogens (tertiary/aromatic N) is 1. The molecule has 0 amide bonds. The second kappa shape index (κ2) is 3.06. The number of rotatable bonds is 1. The van der Waals surface area contributed by atoms with Gasteiger partial charge in [-0.05, 0) is 7.05 Å². The third-order valence-electron chi connectivity index (χ3n) is 1.99. The van der Waals surface area contributed by atoms with Crippen molar-refractivity contribution in [2.75, 3.05) is 33.4 Å². The number of hydrogen-bond acceptors (Lipinski definition) is 4. The SMILES string of the molecule is CN1CCO[C]1C1NCCO1. The smallest absolute Gasteiger partial charge is 0.208 e. The van der Waals surface area contributed by atoms with Crippen molar-refractivity contribution in [1.29, 1.82) is 0 Å². The summed E-state index contributed by atoms with van der Waals surface area (Å²) in [5.41, 5.74) is 0. The average molecular weight is 157 g/mol. The lowest BCUT2D eigenvalue weighted by Gasteiger charge is -2.21. The lowest BCUT2D eigenvalue weighted by atomic mass is 10.4. The molecule has 2 saturated heterocycles. The molecule has 0 aromatic carbocycles. The van der Waals surface area contributed by atoms with Crippen LogP contribution in [0.15, 0.2) is 0 Å². The molecule has 11 heavy (non-hydrogen) atoms. The Bertz CT molecular complexity index is 136. The monoisotopic (exact) mass is 157 g/mol. The Morgan fingerprint density at radius 3 is 3.00 bits per heavy atom. The van der Waals surface area contributed by atoms with Crippen LogP contribution in [0, 0.1) is 6.23 Å². The molecule has 0 aromatic heterocycles. The van der Waals surface area contributed by atoms with Gasteiger partial charge in [0.1, 0.15) is 0 Å². The maximum atomic E-state index is 5.40. The molecule has 1 radical (unpaired) electrons. The van der Waals surface area contributed by atoms with E-state index in [9.17, 15) is 0 Å². The summed E-state index contributed by atoms with van der Waals surface area (Å²) in [5.74, 6) is 0. The average Bonchev–Trinajstić information content (AvgIpc) is 2.55. The molecule has 4 nitrogen and oxygen atoms in total. The molecule has 2 rings (SSSR count). The zero-order valence-electron chi connectivity index (χ0n) is 6.67. The van der Waals surface area contributed by atoms with Gasteiger partial charge in [0, 0.05) is 13.1 Å². The normalized spacial score (nSPS) is 35.2. The zero-order chi connectivity index (χ0) is 7.68. The molecule has 0 aliphatic carbocycles. The Kier molecular flexibility index (Phi) is 2.09. The fourth-order valence-corrected chi connectivity index (χ4v) is 1.37. The van der Waals surface area contributed by atoms with Crippen molar-refractivity contribution in [2.45, 2.75) is 6.23 Å². The summed E-state index contributed by atoms with van der Waals surface area (Å²) in [6.45, 7) is 3.46. The maximum Gasteiger partial charge on any atom is 0.208 e. The topological polar surface area (TPSA) is 33.7 Å². The first-order valence-electron chi connectivity index (χ1n) is 3.94. The summed E-state index contributed by atoms with van der Waals surface area (Å²) in [7, 11) is 2.02. The standard InChI is InChI=1S/C7H13N2O2/c1-9-3-5-11-7(9)6-8-2-4-10-6/h6,8H,2-5H2,1H3. The summed E-state index contributed by atoms with van der Waals surface area (Å²) in [5, 5.41) is 3.20. The van der Waals surface area contributed by atoms with Crippen molar-refractivity contribution in [3.63, 3.8) is 0 Å². The van der Waals surface area contributed by atoms with Gasteiger partial charge in [0.15, 0.2) is 6.23 Å². The van der Waals surface area contributed by atoms with Gasteiger partial charge in [-0.1, -0.05) is 0 Å². The lowest BCUT2D eigenvalue weighted by Crippen LogP contribution is -2.37. The number of hydrogen-bond donors (Lipinski definition) is 1. The predicted molar refractivity (Wildman–Crippen MR) is 39.6 cm³/mol. The van der Waals surface area contributed by atoms with E-state index in [4.69, 9.17) is 9.47 Å². The van der Waals surface area contributed by atoms with Gasteiger partial charge < -0.3 is 9.47 Å². The van der Waals surface area contributed by atoms with Crippen LogP contribution in [0.2, 0.25) is 0 Å². The first-order valence-corrected chi connectivity index (χ1v) is 3.94. The van der Waals surface area contributed by atoms with Crippen molar-refractivity contribution in [3.8, 4) is 0 Å². The van der Waals surface area contributed by atoms with Gasteiger partial charge in [-0.15, -0.1) is 0 Å². The third-order valence-corrected chi connectivity index (χ3v) is 1.99. The second-order valence-corrected chi connectivity index (χ2v) is 2.81. The molecule has 2 aliphatic heterocycles. The maximum absolute atomic E-state index is 5.40. The van der Waals surface area contributed by atoms with Crippen molar-refractivity contribution < 1.29 is 9.47 Å². The Morgan fingerprint density at radius 1 is 1.55 bits per heavy atom. The lowest BCUT2D eigenvalue weighted by molar-refractivity contribution is 0.00443. The first kappa shape index (κ1) is 7.49. The molecule has 0 bridgehead atoms. The Balaban J connectivity index is 1.92. The fraction of sp³-hybridized carbons (Fsp3) is 0.857. The summed E-state index contributed by atoms with van der Waals surface area (Å²) in [6.07, 6.45) is 0.935. The Morgan fingerprint density at radius 2 is 2.45 bits per heavy atom. The van der Waals surface area contributed by atoms with Crippen LogP contribution in [0.1, 0.15) is 0 Å². The van der Waals surface area contributed by atoms with Crippen LogP contribution in [0.4, 0.5) is 0 Å². The molecule has 2 fully saturated rings. The number of nitrogens with one attached hydrogen (secondary N) is 1. The highest BCUT2D eigenvalue weighted by Crippen LogP contribution is 2.21. The fourth-order valence-electron chi connectivity index (χ4n) is 1.37. The van der Waals surface area contributed by atoms with E-state index < -0.39 is 0 Å². The van der Waals surface area contributed by atoms with E-state index in [2.05, 4.69) is 10.2 Å². The summed E-state index contributed by atoms with van der Waals surface area (Å²) >= 11 is 0. The van der Waals surface area contributed by atoms with Crippen molar-refractivity contribution in [3.05, 3.63) is 6.23 Å². The minimum Gasteiger partial charge on any atom is -0.357 e. The third kappa shape index (κ3) is 1.39. The highest BCUT2D eigenvalue weighted by Gasteiger charge is 2.34. The van der Waals surface area contributed by atoms with Crippen LogP contribution >= 0.6 is 0 Å². The molecule has 2 heterocycles. The van der Waals surface area contributed by atoms with E-state index in [-0.39, 0.29) is 6.23 Å². The van der Waals surface area contributed by atoms with E-state index in [1.54, 1.807) is 0 Å². The van der Waals surface area contributed by atoms with Gasteiger partial charge in [-0.25, -0.2) is 0 Å². The van der Waals surface area contributed by atoms with Gasteiger partial charge in [-0.2, -0.15) is 0 Å². The van der Waals surface area contributed by atoms with Crippen molar-refractivity contribution >= 4 is 0 Å². The molecule has 2 aliphatic rings. The molecule has 0 spiro atoms. The van der Waals surface area contributed by atoms with E-state index >= 15 is 0 Å². The number of ether oxygens (including phenoxy) is 2. The summed E-state index contributed by atoms with van der Waals surface area (Å²) in [6, 6.07) is 0. The van der Waals surface area contributed by atoms with Gasteiger partial charge in [0.05, 0.1) is 13.2 Å². The molecule has 1 unspecified atom stereocenters. The molecule has 4 heteroatoms. The molecule has 1 N–H and O–H groups in total. The van der Waals surface area contributed by atoms with Gasteiger partial charge in [-0.3, -0.25) is 10.2 Å². The van der Waals surface area contributed by atoms with Gasteiger partial charge in [0.25, 0.3) is 0 Å². The molecular formula is C7H13N2O2. The van der Waals surface area contributed by atoms with Crippen molar-refractivity contribution in [1.82, 2.24) is 10.2 Å². The van der Waals surface area contributed by atoms with Gasteiger partial charge >= 0.3 is 0 Å². The number of likely N-dealkylation sites (N-methyl/N-ethyl adjacent to an activating group) is 1. The van der Waals surface area contributed by atoms with Crippen LogP contribution in [0.25, 0.3) is 0 Å². The predicted octanol–water partition coefficient (Wildman–Crippen LogP) is -0.616. The highest BCUT2D eigenvalue weighted by molar-refractivity contribution is 4.91. The van der Waals surface area contributed by atoms with Crippen LogP contribution in [0.3, 0.4) is 0 Å². The van der Waals surface area contributed by atoms with Gasteiger partial charge in [0.2, 0.25) is 6.23 Å². The highest BCUT2D eigenvalue weighted by atomic mass is 16.6. The van der Waals surface area contributed by atoms with E-state index in [1.165, 1.54) is 0 Å². The van der Waals surface area contributed by atoms with E-state index in [0.717, 1.165) is 32.5 Å². The molecule has 1 atom stereocenters. The molecule has 0 saturated carbocycles. The van der Waals surface area contributed by atoms with Crippen LogP contribution in [-0.2, 0) is 9.47 Å². The molecular weight excluding hydrogens is 144 g/mol. The quantitative estimate of drug-likeness (QED) is 0.550. The van der Waals surface area contributed by atoms with E-state index in [0.29, 0.717) is 0 Å². The second-order valence-electron chi connectivity index (χ2n) is 2.81.